The summed E-state index contributed by atoms with van der Waals surface area (Å²) < 4.78 is 13.2. The minimum Gasteiger partial charge on any atom is -0.452 e. The molecule has 0 unspecified atom stereocenters. The number of hydrogen-bond acceptors (Lipinski definition) is 8. The smallest absolute Gasteiger partial charge is 0.203 e. The van der Waals surface area contributed by atoms with Crippen molar-refractivity contribution >= 4 is 6.21 Å². The highest BCUT2D eigenvalue weighted by molar-refractivity contribution is 5.62. The molecule has 0 fully saturated rings. The van der Waals surface area contributed by atoms with Gasteiger partial charge in [-0.05, 0) is 6.07 Å². The van der Waals surface area contributed by atoms with Gasteiger partial charge in [-0.2, -0.15) is 0 Å². The molecular formula is C12H13N5O3. The maximum atomic E-state index is 4.47. The number of hydrogen-bond donors (Lipinski definition) is 0. The molecule has 0 atom stereocenters. The number of nitrogens with zero attached hydrogens (tertiary/aromatic N) is 5. The molecule has 3 aromatic heterocycles. The Hall–Kier alpha value is -3.03. The Balaban J connectivity index is 0.000000133. The number of aliphatic imine (C=N–C) groups is 1. The average Bonchev–Trinajstić information content (AvgIpc) is 3.40. The molecule has 0 spiro atoms. The zero-order chi connectivity index (χ0) is 14.1. The van der Waals surface area contributed by atoms with E-state index in [4.69, 9.17) is 0 Å². The van der Waals surface area contributed by atoms with Gasteiger partial charge < -0.3 is 13.4 Å². The topological polar surface area (TPSA) is 103 Å². The van der Waals surface area contributed by atoms with E-state index in [1.54, 1.807) is 24.7 Å². The second-order valence-electron chi connectivity index (χ2n) is 2.89. The fourth-order valence-electron chi connectivity index (χ4n) is 0.792. The van der Waals surface area contributed by atoms with Crippen LogP contribution in [0.4, 0.5) is 0 Å². The minimum absolute atomic E-state index is 1.03. The van der Waals surface area contributed by atoms with Gasteiger partial charge in [0, 0.05) is 18.8 Å². The van der Waals surface area contributed by atoms with Gasteiger partial charge in [0.1, 0.15) is 12.5 Å². The molecule has 0 bridgehead atoms. The molecule has 0 N–H and O–H groups in total. The van der Waals surface area contributed by atoms with E-state index < -0.39 is 0 Å². The van der Waals surface area contributed by atoms with Crippen LogP contribution in [0.5, 0.6) is 0 Å². The van der Waals surface area contributed by atoms with Crippen molar-refractivity contribution in [3.05, 3.63) is 62.4 Å². The van der Waals surface area contributed by atoms with Crippen LogP contribution in [-0.2, 0) is 0 Å². The van der Waals surface area contributed by atoms with Crippen molar-refractivity contribution < 1.29 is 13.4 Å². The fraction of sp³-hybridized carbons (Fsp3) is 0.0833. The third-order valence-corrected chi connectivity index (χ3v) is 1.52. The largest absolute Gasteiger partial charge is 0.452 e. The van der Waals surface area contributed by atoms with Crippen LogP contribution in [0, 0.1) is 0 Å². The van der Waals surface area contributed by atoms with E-state index >= 15 is 0 Å². The molecule has 0 aromatic carbocycles. The molecule has 0 amide bonds. The normalized spacial score (nSPS) is 10.4. The first-order valence-electron chi connectivity index (χ1n) is 5.52. The molecule has 8 nitrogen and oxygen atoms in total. The third-order valence-electron chi connectivity index (χ3n) is 1.52. The van der Waals surface area contributed by atoms with Gasteiger partial charge >= 0.3 is 0 Å². The predicted octanol–water partition coefficient (Wildman–Crippen LogP) is 2.39. The molecule has 1 aliphatic heterocycles. The van der Waals surface area contributed by atoms with E-state index in [1.165, 1.54) is 31.7 Å². The maximum absolute atomic E-state index is 4.47. The highest BCUT2D eigenvalue weighted by Crippen LogP contribution is 1.86. The van der Waals surface area contributed by atoms with E-state index in [1.807, 2.05) is 12.3 Å². The van der Waals surface area contributed by atoms with Crippen molar-refractivity contribution in [3.8, 4) is 0 Å². The Kier molecular flexibility index (Phi) is 9.34. The molecule has 0 aliphatic carbocycles. The van der Waals surface area contributed by atoms with Crippen molar-refractivity contribution in [2.45, 2.75) is 6.42 Å². The summed E-state index contributed by atoms with van der Waals surface area (Å²) >= 11 is 0. The number of allylic oxidation sites excluding steroid dienone is 1. The van der Waals surface area contributed by atoms with E-state index in [0.29, 0.717) is 0 Å². The maximum Gasteiger partial charge on any atom is 0.203 e. The first-order chi connectivity index (χ1) is 10.0. The molecule has 4 rings (SSSR count). The molecule has 20 heavy (non-hydrogen) atoms. The number of aromatic nitrogens is 4. The van der Waals surface area contributed by atoms with Crippen molar-refractivity contribution in [2.24, 2.45) is 4.99 Å². The van der Waals surface area contributed by atoms with Gasteiger partial charge in [-0.15, -0.1) is 10.2 Å². The summed E-state index contributed by atoms with van der Waals surface area (Å²) in [6.07, 6.45) is 16.8. The van der Waals surface area contributed by atoms with Crippen LogP contribution in [0.2, 0.25) is 0 Å². The standard InChI is InChI=1S/C4H5N.2C3H3NO.C2H2N2O/c1-2-4-5-3-1;1-2-5-3-4-1;1-2-4-5-3-1;1-3-4-2-5-1/h1,3-4H,2H2;2*1-3H;1-2H. The Bertz CT molecular complexity index is 393. The van der Waals surface area contributed by atoms with E-state index in [0.717, 1.165) is 6.42 Å². The average molecular weight is 275 g/mol. The van der Waals surface area contributed by atoms with Crippen LogP contribution in [-0.4, -0.2) is 26.6 Å². The fourth-order valence-corrected chi connectivity index (χ4v) is 0.792. The van der Waals surface area contributed by atoms with Gasteiger partial charge in [-0.1, -0.05) is 11.2 Å². The van der Waals surface area contributed by atoms with Crippen LogP contribution in [0.25, 0.3) is 0 Å². The van der Waals surface area contributed by atoms with Crippen molar-refractivity contribution in [1.82, 2.24) is 20.3 Å². The second kappa shape index (κ2) is 12.4. The molecular weight excluding hydrogens is 262 g/mol. The molecule has 4 heterocycles. The first-order valence-corrected chi connectivity index (χ1v) is 5.52. The SMILES string of the molecule is C1=CN=CC1.c1cnoc1.c1cocn1.c1nnco1. The number of oxazole rings is 1. The quantitative estimate of drug-likeness (QED) is 0.620. The van der Waals surface area contributed by atoms with Gasteiger partial charge in [0.15, 0.2) is 6.39 Å². The minimum atomic E-state index is 1.03. The first kappa shape index (κ1) is 15.0. The molecule has 1 aliphatic rings. The lowest BCUT2D eigenvalue weighted by atomic mass is 10.5. The monoisotopic (exact) mass is 275 g/mol. The van der Waals surface area contributed by atoms with Crippen LogP contribution >= 0.6 is 0 Å². The van der Waals surface area contributed by atoms with E-state index in [2.05, 4.69) is 38.7 Å². The summed E-state index contributed by atoms with van der Waals surface area (Å²) in [6.45, 7) is 0. The lowest BCUT2D eigenvalue weighted by molar-refractivity contribution is 0.420. The molecule has 104 valence electrons. The molecule has 3 aromatic rings. The molecule has 0 saturated heterocycles. The van der Waals surface area contributed by atoms with Crippen LogP contribution in [0.3, 0.4) is 0 Å². The third kappa shape index (κ3) is 10.1. The Morgan fingerprint density at radius 3 is 2.00 bits per heavy atom. The Morgan fingerprint density at radius 2 is 1.80 bits per heavy atom. The summed E-state index contributed by atoms with van der Waals surface area (Å²) in [5.41, 5.74) is 0. The zero-order valence-electron chi connectivity index (χ0n) is 10.5. The Morgan fingerprint density at radius 1 is 0.900 bits per heavy atom. The number of rotatable bonds is 0. The lowest BCUT2D eigenvalue weighted by Gasteiger charge is -1.54. The van der Waals surface area contributed by atoms with Gasteiger partial charge in [-0.25, -0.2) is 4.98 Å². The summed E-state index contributed by atoms with van der Waals surface area (Å²) in [7, 11) is 0. The van der Waals surface area contributed by atoms with Crippen LogP contribution in [0.15, 0.2) is 80.8 Å². The predicted molar refractivity (Wildman–Crippen MR) is 69.6 cm³/mol. The summed E-state index contributed by atoms with van der Waals surface area (Å²) in [6, 6.07) is 1.72. The van der Waals surface area contributed by atoms with Crippen LogP contribution < -0.4 is 0 Å². The highest BCUT2D eigenvalue weighted by atomic mass is 16.5. The van der Waals surface area contributed by atoms with Gasteiger partial charge in [-0.3, -0.25) is 4.99 Å². The van der Waals surface area contributed by atoms with Crippen LogP contribution in [0.1, 0.15) is 6.42 Å². The summed E-state index contributed by atoms with van der Waals surface area (Å²) in [5, 5.41) is 9.96. The van der Waals surface area contributed by atoms with E-state index in [9.17, 15) is 0 Å². The van der Waals surface area contributed by atoms with Crippen molar-refractivity contribution in [2.75, 3.05) is 0 Å². The van der Waals surface area contributed by atoms with Gasteiger partial charge in [0.25, 0.3) is 0 Å². The van der Waals surface area contributed by atoms with Gasteiger partial charge in [0.05, 0.1) is 12.4 Å². The highest BCUT2D eigenvalue weighted by Gasteiger charge is 1.73. The lowest BCUT2D eigenvalue weighted by Crippen LogP contribution is -1.53. The second-order valence-corrected chi connectivity index (χ2v) is 2.89. The van der Waals surface area contributed by atoms with E-state index in [-0.39, 0.29) is 0 Å². The molecule has 0 radical (unpaired) electrons. The zero-order valence-corrected chi connectivity index (χ0v) is 10.5. The summed E-state index contributed by atoms with van der Waals surface area (Å²) in [5.74, 6) is 0. The molecule has 8 heteroatoms. The summed E-state index contributed by atoms with van der Waals surface area (Å²) in [4.78, 5) is 7.33. The van der Waals surface area contributed by atoms with Crippen molar-refractivity contribution in [3.63, 3.8) is 0 Å². The Labute approximate surface area is 114 Å². The van der Waals surface area contributed by atoms with Gasteiger partial charge in [0.2, 0.25) is 12.8 Å². The molecule has 0 saturated carbocycles. The van der Waals surface area contributed by atoms with Crippen molar-refractivity contribution in [1.29, 1.82) is 0 Å².